The smallest absolute Gasteiger partial charge is 0.224 e. The third kappa shape index (κ3) is 6.83. The summed E-state index contributed by atoms with van der Waals surface area (Å²) in [6.45, 7) is 2.07. The van der Waals surface area contributed by atoms with E-state index in [0.29, 0.717) is 12.8 Å². The maximum Gasteiger partial charge on any atom is 0.224 e. The van der Waals surface area contributed by atoms with Crippen LogP contribution in [0.15, 0.2) is 60.7 Å². The molecule has 2 unspecified atom stereocenters. The predicted octanol–water partition coefficient (Wildman–Crippen LogP) is 4.26. The van der Waals surface area contributed by atoms with Gasteiger partial charge in [-0.3, -0.25) is 9.59 Å². The van der Waals surface area contributed by atoms with Crippen molar-refractivity contribution in [1.82, 2.24) is 5.32 Å². The minimum atomic E-state index is -0.502. The number of nitrogens with one attached hydrogen (secondary N) is 1. The molecule has 0 heterocycles. The molecule has 3 heteroatoms. The molecule has 0 saturated heterocycles. The van der Waals surface area contributed by atoms with E-state index in [9.17, 15) is 9.59 Å². The number of benzene rings is 2. The molecule has 0 aromatic heterocycles. The van der Waals surface area contributed by atoms with Crippen molar-refractivity contribution in [3.05, 3.63) is 71.8 Å². The van der Waals surface area contributed by atoms with E-state index < -0.39 is 6.04 Å². The zero-order valence-electron chi connectivity index (χ0n) is 15.5. The molecule has 3 nitrogen and oxygen atoms in total. The number of rotatable bonds is 11. The lowest BCUT2D eigenvalue weighted by atomic mass is 9.91. The van der Waals surface area contributed by atoms with Crippen molar-refractivity contribution < 1.29 is 9.59 Å². The highest BCUT2D eigenvalue weighted by Crippen LogP contribution is 2.17. The second kappa shape index (κ2) is 11.2. The van der Waals surface area contributed by atoms with Gasteiger partial charge in [-0.1, -0.05) is 80.4 Å². The van der Waals surface area contributed by atoms with E-state index in [0.717, 1.165) is 31.2 Å². The number of carbonyl (C=O) groups is 1. The van der Waals surface area contributed by atoms with Gasteiger partial charge in [0.1, 0.15) is 0 Å². The molecule has 137 valence electrons. The minimum Gasteiger partial charge on any atom is -0.346 e. The van der Waals surface area contributed by atoms with E-state index in [2.05, 4.69) is 24.4 Å². The van der Waals surface area contributed by atoms with Crippen molar-refractivity contribution in [3.63, 3.8) is 0 Å². The first kappa shape index (κ1) is 19.9. The van der Waals surface area contributed by atoms with Crippen molar-refractivity contribution in [3.8, 4) is 0 Å². The number of aryl methyl sites for hydroxylation is 1. The van der Waals surface area contributed by atoms with E-state index >= 15 is 0 Å². The van der Waals surface area contributed by atoms with Crippen molar-refractivity contribution in [2.75, 3.05) is 0 Å². The molecule has 2 rings (SSSR count). The molecule has 0 aliphatic heterocycles. The number of carbonyl (C=O) groups excluding carboxylic acids is 2. The maximum atomic E-state index is 12.8. The van der Waals surface area contributed by atoms with E-state index in [1.807, 2.05) is 54.8 Å². The fraction of sp³-hybridized carbons (Fsp3) is 0.391. The first-order valence-corrected chi connectivity index (χ1v) is 9.48. The lowest BCUT2D eigenvalue weighted by molar-refractivity contribution is -0.125. The van der Waals surface area contributed by atoms with E-state index in [-0.39, 0.29) is 11.8 Å². The highest BCUT2D eigenvalue weighted by atomic mass is 16.2. The van der Waals surface area contributed by atoms with Gasteiger partial charge in [0.2, 0.25) is 12.2 Å². The summed E-state index contributed by atoms with van der Waals surface area (Å²) in [4.78, 5) is 24.0. The Morgan fingerprint density at radius 1 is 0.962 bits per heavy atom. The zero-order valence-corrected chi connectivity index (χ0v) is 15.5. The summed E-state index contributed by atoms with van der Waals surface area (Å²) in [5, 5.41) is 2.90. The summed E-state index contributed by atoms with van der Waals surface area (Å²) in [7, 11) is 0. The normalized spacial score (nSPS) is 13.0. The highest BCUT2D eigenvalue weighted by Gasteiger charge is 2.22. The molecule has 26 heavy (non-hydrogen) atoms. The van der Waals surface area contributed by atoms with Crippen LogP contribution in [0.3, 0.4) is 0 Å². The minimum absolute atomic E-state index is 0.0470. The van der Waals surface area contributed by atoms with Gasteiger partial charge in [0.25, 0.3) is 0 Å². The summed E-state index contributed by atoms with van der Waals surface area (Å²) in [6.07, 6.45) is 6.82. The Morgan fingerprint density at radius 3 is 2.15 bits per heavy atom. The molecular weight excluding hydrogens is 322 g/mol. The van der Waals surface area contributed by atoms with Crippen molar-refractivity contribution in [1.29, 1.82) is 0 Å². The summed E-state index contributed by atoms with van der Waals surface area (Å²) >= 11 is 0. The summed E-state index contributed by atoms with van der Waals surface area (Å²) in [6, 6.07) is 19.7. The maximum absolute atomic E-state index is 12.8. The first-order valence-electron chi connectivity index (χ1n) is 9.48. The molecule has 2 aromatic rings. The fourth-order valence-corrected chi connectivity index (χ4v) is 3.07. The first-order chi connectivity index (χ1) is 12.7. The standard InChI is InChI=1S/C23H28NO2/c1-2-3-14-22(18-25)24-23(26)21(17-20-12-8-5-9-13-20)16-15-19-10-6-4-7-11-19/h4-13,21-22H,2-3,14-17H2,1H3,(H,24,26). The monoisotopic (exact) mass is 350 g/mol. The second-order valence-corrected chi connectivity index (χ2v) is 6.73. The Kier molecular flexibility index (Phi) is 8.61. The van der Waals surface area contributed by atoms with Crippen LogP contribution in [-0.4, -0.2) is 18.2 Å². The van der Waals surface area contributed by atoms with Crippen LogP contribution in [0.2, 0.25) is 0 Å². The highest BCUT2D eigenvalue weighted by molar-refractivity contribution is 5.82. The predicted molar refractivity (Wildman–Crippen MR) is 106 cm³/mol. The van der Waals surface area contributed by atoms with Crippen LogP contribution in [-0.2, 0) is 22.4 Å². The lowest BCUT2D eigenvalue weighted by Crippen LogP contribution is -2.40. The summed E-state index contributed by atoms with van der Waals surface area (Å²) < 4.78 is 0. The van der Waals surface area contributed by atoms with Crippen LogP contribution in [0.5, 0.6) is 0 Å². The Morgan fingerprint density at radius 2 is 1.58 bits per heavy atom. The Balaban J connectivity index is 2.03. The number of amides is 1. The van der Waals surface area contributed by atoms with Gasteiger partial charge in [0.05, 0.1) is 6.04 Å². The lowest BCUT2D eigenvalue weighted by Gasteiger charge is -2.20. The molecule has 2 atom stereocenters. The number of hydrogen-bond acceptors (Lipinski definition) is 2. The summed E-state index contributed by atoms with van der Waals surface area (Å²) in [5.41, 5.74) is 2.36. The molecule has 1 N–H and O–H groups in total. The topological polar surface area (TPSA) is 46.2 Å². The number of unbranched alkanes of at least 4 members (excludes halogenated alkanes) is 1. The molecular formula is C23H28NO2. The molecule has 0 aliphatic rings. The molecule has 2 aromatic carbocycles. The van der Waals surface area contributed by atoms with Gasteiger partial charge < -0.3 is 5.32 Å². The SMILES string of the molecule is CCCCC([C]=O)NC(=O)C(CCc1ccccc1)Cc1ccccc1. The Bertz CT molecular complexity index is 654. The van der Waals surface area contributed by atoms with Crippen molar-refractivity contribution >= 4 is 12.2 Å². The Labute approximate surface area is 156 Å². The van der Waals surface area contributed by atoms with Gasteiger partial charge in [0.15, 0.2) is 0 Å². The molecule has 1 radical (unpaired) electrons. The van der Waals surface area contributed by atoms with Crippen LogP contribution in [0.1, 0.15) is 43.7 Å². The largest absolute Gasteiger partial charge is 0.346 e. The zero-order chi connectivity index (χ0) is 18.6. The van der Waals surface area contributed by atoms with Crippen LogP contribution < -0.4 is 5.32 Å². The molecule has 0 saturated carbocycles. The average Bonchev–Trinajstić information content (AvgIpc) is 2.69. The van der Waals surface area contributed by atoms with Crippen LogP contribution in [0, 0.1) is 5.92 Å². The van der Waals surface area contributed by atoms with E-state index in [4.69, 9.17) is 0 Å². The van der Waals surface area contributed by atoms with E-state index in [1.54, 1.807) is 0 Å². The van der Waals surface area contributed by atoms with Crippen LogP contribution in [0.4, 0.5) is 0 Å². The third-order valence-corrected chi connectivity index (χ3v) is 4.63. The molecule has 0 bridgehead atoms. The average molecular weight is 350 g/mol. The van der Waals surface area contributed by atoms with Crippen molar-refractivity contribution in [2.45, 2.75) is 51.5 Å². The van der Waals surface area contributed by atoms with Crippen LogP contribution >= 0.6 is 0 Å². The quantitative estimate of drug-likeness (QED) is 0.658. The van der Waals surface area contributed by atoms with Gasteiger partial charge in [-0.25, -0.2) is 0 Å². The fourth-order valence-electron chi connectivity index (χ4n) is 3.07. The van der Waals surface area contributed by atoms with Gasteiger partial charge >= 0.3 is 0 Å². The summed E-state index contributed by atoms with van der Waals surface area (Å²) in [5.74, 6) is -0.204. The van der Waals surface area contributed by atoms with Crippen molar-refractivity contribution in [2.24, 2.45) is 5.92 Å². The van der Waals surface area contributed by atoms with Gasteiger partial charge in [0, 0.05) is 5.92 Å². The number of hydrogen-bond donors (Lipinski definition) is 1. The Hall–Kier alpha value is -2.42. The van der Waals surface area contributed by atoms with E-state index in [1.165, 1.54) is 5.56 Å². The van der Waals surface area contributed by atoms with Gasteiger partial charge in [-0.15, -0.1) is 0 Å². The molecule has 0 spiro atoms. The van der Waals surface area contributed by atoms with Crippen LogP contribution in [0.25, 0.3) is 0 Å². The third-order valence-electron chi connectivity index (χ3n) is 4.63. The second-order valence-electron chi connectivity index (χ2n) is 6.73. The van der Waals surface area contributed by atoms with Gasteiger partial charge in [-0.2, -0.15) is 0 Å². The van der Waals surface area contributed by atoms with Gasteiger partial charge in [-0.05, 0) is 36.8 Å². The molecule has 0 aliphatic carbocycles. The molecule has 0 fully saturated rings. The molecule has 1 amide bonds.